The van der Waals surface area contributed by atoms with Crippen LogP contribution < -0.4 is 5.32 Å². The first-order valence-electron chi connectivity index (χ1n) is 6.45. The summed E-state index contributed by atoms with van der Waals surface area (Å²) >= 11 is 1.62. The van der Waals surface area contributed by atoms with Gasteiger partial charge in [0.15, 0.2) is 0 Å². The predicted octanol–water partition coefficient (Wildman–Crippen LogP) is 1.86. The van der Waals surface area contributed by atoms with Gasteiger partial charge in [-0.05, 0) is 18.6 Å². The number of carboxylic acids is 1. The van der Waals surface area contributed by atoms with E-state index in [-0.39, 0.29) is 6.42 Å². The third-order valence-electron chi connectivity index (χ3n) is 2.94. The molecule has 0 bridgehead atoms. The number of para-hydroxylation sites is 1. The highest BCUT2D eigenvalue weighted by molar-refractivity contribution is 7.18. The van der Waals surface area contributed by atoms with Gasteiger partial charge >= 0.3 is 5.97 Å². The Hall–Kier alpha value is -1.79. The number of carbonyl (C=O) groups excluding carboxylic acids is 1. The van der Waals surface area contributed by atoms with Crippen LogP contribution in [-0.2, 0) is 16.0 Å². The zero-order valence-corrected chi connectivity index (χ0v) is 11.7. The fraction of sp³-hybridized carbons (Fsp3) is 0.357. The maximum Gasteiger partial charge on any atom is 0.320 e. The summed E-state index contributed by atoms with van der Waals surface area (Å²) in [5, 5.41) is 13.0. The molecule has 1 aromatic heterocycles. The Labute approximate surface area is 120 Å². The van der Waals surface area contributed by atoms with E-state index >= 15 is 0 Å². The largest absolute Gasteiger partial charge is 0.480 e. The zero-order valence-electron chi connectivity index (χ0n) is 10.9. The molecule has 2 N–H and O–H groups in total. The van der Waals surface area contributed by atoms with Crippen molar-refractivity contribution >= 4 is 33.8 Å². The summed E-state index contributed by atoms with van der Waals surface area (Å²) in [7, 11) is 0. The number of hydrogen-bond donors (Lipinski definition) is 2. The van der Waals surface area contributed by atoms with Crippen molar-refractivity contribution < 1.29 is 14.7 Å². The second-order valence-corrected chi connectivity index (χ2v) is 5.53. The van der Waals surface area contributed by atoms with Crippen LogP contribution in [-0.4, -0.2) is 34.9 Å². The van der Waals surface area contributed by atoms with Crippen LogP contribution in [0.5, 0.6) is 0 Å². The smallest absolute Gasteiger partial charge is 0.320 e. The van der Waals surface area contributed by atoms with Gasteiger partial charge in [-0.15, -0.1) is 11.3 Å². The molecule has 0 aliphatic rings. The first-order valence-corrected chi connectivity index (χ1v) is 7.26. The second kappa shape index (κ2) is 7.12. The van der Waals surface area contributed by atoms with Crippen LogP contribution in [0.3, 0.4) is 0 Å². The van der Waals surface area contributed by atoms with Gasteiger partial charge in [-0.1, -0.05) is 12.1 Å². The molecule has 0 fully saturated rings. The predicted molar refractivity (Wildman–Crippen MR) is 78.0 cm³/mol. The van der Waals surface area contributed by atoms with Crippen LogP contribution in [0.4, 0.5) is 0 Å². The Balaban J connectivity index is 1.87. The van der Waals surface area contributed by atoms with E-state index in [1.54, 1.807) is 11.3 Å². The molecule has 2 rings (SSSR count). The van der Waals surface area contributed by atoms with Crippen LogP contribution in [0.15, 0.2) is 24.3 Å². The number of nitrogens with one attached hydrogen (secondary N) is 1. The SMILES string of the molecule is O=CCCC(NCCc1nc2ccccc2s1)C(=O)O. The molecule has 20 heavy (non-hydrogen) atoms. The number of rotatable bonds is 8. The third-order valence-corrected chi connectivity index (χ3v) is 4.04. The molecule has 0 saturated carbocycles. The Morgan fingerprint density at radius 1 is 1.45 bits per heavy atom. The maximum atomic E-state index is 11.0. The second-order valence-electron chi connectivity index (χ2n) is 4.41. The molecule has 106 valence electrons. The molecule has 0 amide bonds. The molecule has 5 nitrogen and oxygen atoms in total. The Kier molecular flexibility index (Phi) is 5.20. The highest BCUT2D eigenvalue weighted by Crippen LogP contribution is 2.21. The zero-order chi connectivity index (χ0) is 14.4. The summed E-state index contributed by atoms with van der Waals surface area (Å²) in [5.74, 6) is -0.920. The number of thiazole rings is 1. The Bertz CT molecular complexity index is 564. The van der Waals surface area contributed by atoms with Crippen molar-refractivity contribution in [2.75, 3.05) is 6.54 Å². The third kappa shape index (κ3) is 3.85. The van der Waals surface area contributed by atoms with Gasteiger partial charge in [0.2, 0.25) is 0 Å². The Morgan fingerprint density at radius 3 is 2.95 bits per heavy atom. The average Bonchev–Trinajstić information content (AvgIpc) is 2.84. The van der Waals surface area contributed by atoms with Crippen LogP contribution in [0.1, 0.15) is 17.8 Å². The molecule has 0 saturated heterocycles. The summed E-state index contributed by atoms with van der Waals surface area (Å²) < 4.78 is 1.14. The van der Waals surface area contributed by atoms with Crippen molar-refractivity contribution in [2.24, 2.45) is 0 Å². The van der Waals surface area contributed by atoms with E-state index in [2.05, 4.69) is 10.3 Å². The molecule has 2 aromatic rings. The normalized spacial score (nSPS) is 12.4. The summed E-state index contributed by atoms with van der Waals surface area (Å²) in [6, 6.07) is 7.24. The molecule has 1 heterocycles. The molecular formula is C14H16N2O3S. The lowest BCUT2D eigenvalue weighted by Gasteiger charge is -2.12. The van der Waals surface area contributed by atoms with Crippen molar-refractivity contribution in [1.82, 2.24) is 10.3 Å². The molecule has 0 aliphatic heterocycles. The lowest BCUT2D eigenvalue weighted by Crippen LogP contribution is -2.37. The minimum absolute atomic E-state index is 0.255. The first kappa shape index (κ1) is 14.6. The number of hydrogen-bond acceptors (Lipinski definition) is 5. The van der Waals surface area contributed by atoms with E-state index in [1.165, 1.54) is 0 Å². The molecule has 1 unspecified atom stereocenters. The molecular weight excluding hydrogens is 276 g/mol. The number of nitrogens with zero attached hydrogens (tertiary/aromatic N) is 1. The van der Waals surface area contributed by atoms with E-state index in [4.69, 9.17) is 5.11 Å². The quantitative estimate of drug-likeness (QED) is 0.726. The topological polar surface area (TPSA) is 79.3 Å². The van der Waals surface area contributed by atoms with Gasteiger partial charge in [0, 0.05) is 19.4 Å². The van der Waals surface area contributed by atoms with Gasteiger partial charge in [-0.25, -0.2) is 4.98 Å². The molecule has 1 atom stereocenters. The van der Waals surface area contributed by atoms with Crippen molar-refractivity contribution in [2.45, 2.75) is 25.3 Å². The average molecular weight is 292 g/mol. The number of fused-ring (bicyclic) bond motifs is 1. The van der Waals surface area contributed by atoms with Crippen molar-refractivity contribution in [3.05, 3.63) is 29.3 Å². The van der Waals surface area contributed by atoms with E-state index < -0.39 is 12.0 Å². The maximum absolute atomic E-state index is 11.0. The summed E-state index contributed by atoms with van der Waals surface area (Å²) in [6.45, 7) is 0.537. The molecule has 0 aliphatic carbocycles. The molecule has 0 radical (unpaired) electrons. The fourth-order valence-corrected chi connectivity index (χ4v) is 2.89. The lowest BCUT2D eigenvalue weighted by atomic mass is 10.1. The van der Waals surface area contributed by atoms with Gasteiger partial charge < -0.3 is 15.2 Å². The summed E-state index contributed by atoms with van der Waals surface area (Å²) in [4.78, 5) is 25.8. The van der Waals surface area contributed by atoms with E-state index in [9.17, 15) is 9.59 Å². The van der Waals surface area contributed by atoms with E-state index in [0.29, 0.717) is 19.4 Å². The number of benzene rings is 1. The van der Waals surface area contributed by atoms with Gasteiger partial charge in [-0.2, -0.15) is 0 Å². The van der Waals surface area contributed by atoms with Gasteiger partial charge in [0.05, 0.1) is 15.2 Å². The van der Waals surface area contributed by atoms with Gasteiger partial charge in [-0.3, -0.25) is 4.79 Å². The number of aldehydes is 1. The number of aromatic nitrogens is 1. The molecule has 1 aromatic carbocycles. The molecule has 0 spiro atoms. The highest BCUT2D eigenvalue weighted by Gasteiger charge is 2.15. The Morgan fingerprint density at radius 2 is 2.25 bits per heavy atom. The highest BCUT2D eigenvalue weighted by atomic mass is 32.1. The van der Waals surface area contributed by atoms with Crippen LogP contribution in [0.2, 0.25) is 0 Å². The standard InChI is InChI=1S/C14H16N2O3S/c17-9-3-5-11(14(18)19)15-8-7-13-16-10-4-1-2-6-12(10)20-13/h1-2,4,6,9,11,15H,3,5,7-8H2,(H,18,19). The van der Waals surface area contributed by atoms with Crippen molar-refractivity contribution in [3.63, 3.8) is 0 Å². The van der Waals surface area contributed by atoms with Crippen LogP contribution in [0.25, 0.3) is 10.2 Å². The van der Waals surface area contributed by atoms with Crippen molar-refractivity contribution in [3.8, 4) is 0 Å². The molecule has 6 heteroatoms. The lowest BCUT2D eigenvalue weighted by molar-refractivity contribution is -0.139. The number of carboxylic acid groups (broad SMARTS) is 1. The number of carbonyl (C=O) groups is 2. The van der Waals surface area contributed by atoms with Crippen LogP contribution in [0, 0.1) is 0 Å². The van der Waals surface area contributed by atoms with E-state index in [0.717, 1.165) is 21.5 Å². The van der Waals surface area contributed by atoms with Gasteiger partial charge in [0.25, 0.3) is 0 Å². The minimum atomic E-state index is -0.920. The first-order chi connectivity index (χ1) is 9.70. The minimum Gasteiger partial charge on any atom is -0.480 e. The van der Waals surface area contributed by atoms with E-state index in [1.807, 2.05) is 24.3 Å². The van der Waals surface area contributed by atoms with Crippen LogP contribution >= 0.6 is 11.3 Å². The number of aliphatic carboxylic acids is 1. The summed E-state index contributed by atoms with van der Waals surface area (Å²) in [6.07, 6.45) is 2.00. The monoisotopic (exact) mass is 292 g/mol. The van der Waals surface area contributed by atoms with Crippen molar-refractivity contribution in [1.29, 1.82) is 0 Å². The summed E-state index contributed by atoms with van der Waals surface area (Å²) in [5.41, 5.74) is 0.975. The van der Waals surface area contributed by atoms with Gasteiger partial charge in [0.1, 0.15) is 12.3 Å². The fourth-order valence-electron chi connectivity index (χ4n) is 1.93.